The largest absolute Gasteiger partial charge is 0.497 e. The highest BCUT2D eigenvalue weighted by Crippen LogP contribution is 2.26. The monoisotopic (exact) mass is 385 g/mol. The molecule has 3 heterocycles. The topological polar surface area (TPSA) is 95.5 Å². The van der Waals surface area contributed by atoms with E-state index in [2.05, 4.69) is 10.1 Å². The summed E-state index contributed by atoms with van der Waals surface area (Å²) in [4.78, 5) is 18.7. The van der Waals surface area contributed by atoms with Crippen molar-refractivity contribution in [3.05, 3.63) is 41.4 Å². The molecule has 8 nitrogen and oxygen atoms in total. The van der Waals surface area contributed by atoms with Crippen LogP contribution in [-0.2, 0) is 4.74 Å². The van der Waals surface area contributed by atoms with Crippen molar-refractivity contribution >= 4 is 23.1 Å². The zero-order chi connectivity index (χ0) is 18.8. The van der Waals surface area contributed by atoms with Crippen molar-refractivity contribution in [1.29, 1.82) is 0 Å². The number of anilines is 1. The van der Waals surface area contributed by atoms with Crippen LogP contribution in [0.15, 0.2) is 35.7 Å². The third kappa shape index (κ3) is 3.51. The summed E-state index contributed by atoms with van der Waals surface area (Å²) in [6.45, 7) is 2.27. The average molecular weight is 385 g/mol. The number of carbonyl (C=O) groups excluding carboxylic acids is 1. The van der Waals surface area contributed by atoms with Crippen molar-refractivity contribution in [2.45, 2.75) is 0 Å². The molecule has 1 aliphatic heterocycles. The van der Waals surface area contributed by atoms with Gasteiger partial charge in [-0.1, -0.05) is 0 Å². The van der Waals surface area contributed by atoms with Gasteiger partial charge in [-0.15, -0.1) is 11.3 Å². The van der Waals surface area contributed by atoms with Crippen molar-refractivity contribution in [1.82, 2.24) is 19.7 Å². The van der Waals surface area contributed by atoms with E-state index in [0.717, 1.165) is 17.0 Å². The molecule has 2 N–H and O–H groups in total. The molecule has 2 aromatic heterocycles. The molecular formula is C18H19N5O3S. The average Bonchev–Trinajstić information content (AvgIpc) is 3.35. The van der Waals surface area contributed by atoms with E-state index in [1.165, 1.54) is 11.3 Å². The van der Waals surface area contributed by atoms with E-state index in [1.54, 1.807) is 28.1 Å². The summed E-state index contributed by atoms with van der Waals surface area (Å²) in [6, 6.07) is 9.35. The molecule has 3 aromatic rings. The van der Waals surface area contributed by atoms with Crippen molar-refractivity contribution in [3.8, 4) is 22.1 Å². The number of hydrogen-bond acceptors (Lipinski definition) is 7. The Hall–Kier alpha value is -2.91. The van der Waals surface area contributed by atoms with Crippen molar-refractivity contribution in [2.75, 3.05) is 39.1 Å². The highest BCUT2D eigenvalue weighted by Gasteiger charge is 2.22. The van der Waals surface area contributed by atoms with Gasteiger partial charge in [0.2, 0.25) is 5.13 Å². The quantitative estimate of drug-likeness (QED) is 0.739. The van der Waals surface area contributed by atoms with Crippen molar-refractivity contribution < 1.29 is 14.3 Å². The van der Waals surface area contributed by atoms with Crippen LogP contribution in [0.1, 0.15) is 10.5 Å². The molecule has 0 bridgehead atoms. The summed E-state index contributed by atoms with van der Waals surface area (Å²) in [5, 5.41) is 6.84. The summed E-state index contributed by atoms with van der Waals surface area (Å²) in [5.41, 5.74) is 8.17. The molecule has 0 spiro atoms. The second-order valence-electron chi connectivity index (χ2n) is 6.01. The molecule has 0 radical (unpaired) electrons. The van der Waals surface area contributed by atoms with Crippen LogP contribution < -0.4 is 10.5 Å². The number of morpholine rings is 1. The number of nitrogen functional groups attached to an aromatic ring is 1. The first-order valence-electron chi connectivity index (χ1n) is 8.48. The molecule has 1 fully saturated rings. The van der Waals surface area contributed by atoms with Gasteiger partial charge in [0, 0.05) is 30.1 Å². The summed E-state index contributed by atoms with van der Waals surface area (Å²) in [5.74, 6) is 1.14. The lowest BCUT2D eigenvalue weighted by Crippen LogP contribution is -2.40. The van der Waals surface area contributed by atoms with Gasteiger partial charge >= 0.3 is 0 Å². The van der Waals surface area contributed by atoms with E-state index < -0.39 is 0 Å². The lowest BCUT2D eigenvalue weighted by atomic mass is 10.1. The van der Waals surface area contributed by atoms with E-state index in [1.807, 2.05) is 24.3 Å². The molecule has 140 valence electrons. The third-order valence-electron chi connectivity index (χ3n) is 4.31. The summed E-state index contributed by atoms with van der Waals surface area (Å²) >= 11 is 1.33. The lowest BCUT2D eigenvalue weighted by Gasteiger charge is -2.25. The van der Waals surface area contributed by atoms with Gasteiger partial charge in [-0.3, -0.25) is 4.79 Å². The maximum absolute atomic E-state index is 12.6. The van der Waals surface area contributed by atoms with Crippen LogP contribution in [0.4, 0.5) is 5.82 Å². The number of benzene rings is 1. The predicted molar refractivity (Wildman–Crippen MR) is 102 cm³/mol. The number of nitrogens with two attached hydrogens (primary N) is 1. The molecule has 4 rings (SSSR count). The first-order valence-corrected chi connectivity index (χ1v) is 9.36. The van der Waals surface area contributed by atoms with Crippen LogP contribution in [0.3, 0.4) is 0 Å². The number of thiazole rings is 1. The first-order chi connectivity index (χ1) is 13.2. The zero-order valence-corrected chi connectivity index (χ0v) is 15.6. The molecule has 1 amide bonds. The molecule has 0 atom stereocenters. The normalized spacial score (nSPS) is 14.3. The number of rotatable bonds is 4. The maximum Gasteiger partial charge on any atom is 0.273 e. The fraction of sp³-hybridized carbons (Fsp3) is 0.278. The molecule has 0 aliphatic carbocycles. The Balaban J connectivity index is 1.58. The van der Waals surface area contributed by atoms with Gasteiger partial charge in [-0.25, -0.2) is 4.98 Å². The van der Waals surface area contributed by atoms with Crippen molar-refractivity contribution in [2.24, 2.45) is 0 Å². The van der Waals surface area contributed by atoms with Crippen LogP contribution in [0, 0.1) is 0 Å². The van der Waals surface area contributed by atoms with Crippen LogP contribution in [0.25, 0.3) is 16.4 Å². The highest BCUT2D eigenvalue weighted by molar-refractivity contribution is 7.12. The number of aromatic nitrogens is 3. The molecule has 0 unspecified atom stereocenters. The number of carbonyl (C=O) groups is 1. The van der Waals surface area contributed by atoms with E-state index in [9.17, 15) is 4.79 Å². The second-order valence-corrected chi connectivity index (χ2v) is 6.85. The molecule has 9 heteroatoms. The minimum Gasteiger partial charge on any atom is -0.497 e. The van der Waals surface area contributed by atoms with E-state index in [4.69, 9.17) is 15.2 Å². The van der Waals surface area contributed by atoms with E-state index >= 15 is 0 Å². The van der Waals surface area contributed by atoms with E-state index in [-0.39, 0.29) is 5.91 Å². The van der Waals surface area contributed by atoms with Gasteiger partial charge in [0.1, 0.15) is 17.3 Å². The van der Waals surface area contributed by atoms with Gasteiger partial charge in [0.25, 0.3) is 5.91 Å². The van der Waals surface area contributed by atoms with E-state index in [0.29, 0.717) is 42.9 Å². The molecule has 1 aliphatic rings. The minimum atomic E-state index is -0.0955. The molecule has 1 aromatic carbocycles. The summed E-state index contributed by atoms with van der Waals surface area (Å²) in [6.07, 6.45) is 0. The number of amides is 1. The number of nitrogens with zero attached hydrogens (tertiary/aromatic N) is 4. The fourth-order valence-electron chi connectivity index (χ4n) is 2.84. The molecule has 1 saturated heterocycles. The zero-order valence-electron chi connectivity index (χ0n) is 14.8. The Bertz CT molecular complexity index is 944. The third-order valence-corrected chi connectivity index (χ3v) is 5.13. The Morgan fingerprint density at radius 3 is 2.70 bits per heavy atom. The predicted octanol–water partition coefficient (Wildman–Crippen LogP) is 2.06. The number of hydrogen-bond donors (Lipinski definition) is 1. The Labute approximate surface area is 160 Å². The standard InChI is InChI=1S/C18H19N5O3S/c1-25-13-4-2-12(3-5-13)14-10-16(19)23(21-14)18-20-15(11-27-18)17(24)22-6-8-26-9-7-22/h2-5,10-11H,6-9,19H2,1H3. The Morgan fingerprint density at radius 1 is 1.26 bits per heavy atom. The van der Waals surface area contributed by atoms with Gasteiger partial charge < -0.3 is 20.1 Å². The van der Waals surface area contributed by atoms with Gasteiger partial charge in [0.15, 0.2) is 0 Å². The van der Waals surface area contributed by atoms with Gasteiger partial charge in [-0.05, 0) is 24.3 Å². The molecule has 27 heavy (non-hydrogen) atoms. The highest BCUT2D eigenvalue weighted by atomic mass is 32.1. The maximum atomic E-state index is 12.6. The fourth-order valence-corrected chi connectivity index (χ4v) is 3.61. The second kappa shape index (κ2) is 7.37. The lowest BCUT2D eigenvalue weighted by molar-refractivity contribution is 0.0299. The first kappa shape index (κ1) is 17.5. The van der Waals surface area contributed by atoms with Crippen LogP contribution >= 0.6 is 11.3 Å². The van der Waals surface area contributed by atoms with Gasteiger partial charge in [0.05, 0.1) is 26.0 Å². The minimum absolute atomic E-state index is 0.0955. The van der Waals surface area contributed by atoms with Crippen molar-refractivity contribution in [3.63, 3.8) is 0 Å². The van der Waals surface area contributed by atoms with Crippen LogP contribution in [0.5, 0.6) is 5.75 Å². The Morgan fingerprint density at radius 2 is 2.00 bits per heavy atom. The van der Waals surface area contributed by atoms with Crippen LogP contribution in [0.2, 0.25) is 0 Å². The smallest absolute Gasteiger partial charge is 0.273 e. The summed E-state index contributed by atoms with van der Waals surface area (Å²) in [7, 11) is 1.62. The number of methoxy groups -OCH3 is 1. The molecule has 0 saturated carbocycles. The molecular weight excluding hydrogens is 366 g/mol. The summed E-state index contributed by atoms with van der Waals surface area (Å²) < 4.78 is 12.0. The number of ether oxygens (including phenoxy) is 2. The SMILES string of the molecule is COc1ccc(-c2cc(N)n(-c3nc(C(=O)N4CCOCC4)cs3)n2)cc1. The Kier molecular flexibility index (Phi) is 4.78. The van der Waals surface area contributed by atoms with Gasteiger partial charge in [-0.2, -0.15) is 9.78 Å². The van der Waals surface area contributed by atoms with Crippen LogP contribution in [-0.4, -0.2) is 59.0 Å².